The molecule has 1 unspecified atom stereocenters. The van der Waals surface area contributed by atoms with Crippen molar-refractivity contribution in [2.24, 2.45) is 0 Å². The van der Waals surface area contributed by atoms with Gasteiger partial charge in [0.1, 0.15) is 11.6 Å². The van der Waals surface area contributed by atoms with E-state index in [9.17, 15) is 9.18 Å². The molecule has 0 bridgehead atoms. The average molecular weight is 317 g/mol. The number of aryl methyl sites for hydroxylation is 2. The van der Waals surface area contributed by atoms with Crippen LogP contribution in [0.1, 0.15) is 17.9 Å². The third-order valence-electron chi connectivity index (χ3n) is 4.22. The molecule has 2 heterocycles. The topological polar surface area (TPSA) is 47.4 Å². The highest BCUT2D eigenvalue weighted by molar-refractivity contribution is 5.53. The van der Waals surface area contributed by atoms with E-state index in [4.69, 9.17) is 4.74 Å². The van der Waals surface area contributed by atoms with Crippen LogP contribution in [0.5, 0.6) is 0 Å². The quantitative estimate of drug-likeness (QED) is 0.871. The Morgan fingerprint density at radius 1 is 1.30 bits per heavy atom. The predicted molar refractivity (Wildman–Crippen MR) is 86.9 cm³/mol. The maximum Gasteiger partial charge on any atom is 0.258 e. The Kier molecular flexibility index (Phi) is 4.17. The van der Waals surface area contributed by atoms with Gasteiger partial charge in [0.05, 0.1) is 17.5 Å². The van der Waals surface area contributed by atoms with Gasteiger partial charge in [-0.3, -0.25) is 9.36 Å². The zero-order valence-electron chi connectivity index (χ0n) is 13.5. The number of anilines is 1. The molecule has 0 amide bonds. The second-order valence-electron chi connectivity index (χ2n) is 5.85. The van der Waals surface area contributed by atoms with E-state index in [0.717, 1.165) is 13.0 Å². The van der Waals surface area contributed by atoms with E-state index >= 15 is 0 Å². The molecule has 1 fully saturated rings. The van der Waals surface area contributed by atoms with Crippen LogP contribution < -0.4 is 10.5 Å². The maximum atomic E-state index is 14.5. The molecular weight excluding hydrogens is 297 g/mol. The smallest absolute Gasteiger partial charge is 0.258 e. The highest BCUT2D eigenvalue weighted by atomic mass is 19.1. The summed E-state index contributed by atoms with van der Waals surface area (Å²) in [6.07, 6.45) is 1.03. The first-order chi connectivity index (χ1) is 11.0. The minimum Gasteiger partial charge on any atom is -0.380 e. The first-order valence-corrected chi connectivity index (χ1v) is 7.64. The molecule has 1 aromatic carbocycles. The fourth-order valence-electron chi connectivity index (χ4n) is 3.09. The summed E-state index contributed by atoms with van der Waals surface area (Å²) in [5.41, 5.74) is 1.48. The summed E-state index contributed by atoms with van der Waals surface area (Å²) in [6.45, 7) is 4.95. The lowest BCUT2D eigenvalue weighted by Crippen LogP contribution is -2.24. The van der Waals surface area contributed by atoms with Crippen LogP contribution in [-0.2, 0) is 4.74 Å². The molecule has 0 saturated carbocycles. The van der Waals surface area contributed by atoms with Crippen LogP contribution in [0.2, 0.25) is 0 Å². The Bertz CT molecular complexity index is 788. The maximum absolute atomic E-state index is 14.5. The van der Waals surface area contributed by atoms with E-state index < -0.39 is 0 Å². The Morgan fingerprint density at radius 3 is 2.70 bits per heavy atom. The van der Waals surface area contributed by atoms with Gasteiger partial charge in [0.2, 0.25) is 0 Å². The fraction of sp³-hybridized carbons (Fsp3) is 0.412. The van der Waals surface area contributed by atoms with Gasteiger partial charge >= 0.3 is 0 Å². The highest BCUT2D eigenvalue weighted by Gasteiger charge is 2.24. The molecule has 6 heteroatoms. The largest absolute Gasteiger partial charge is 0.380 e. The fourth-order valence-corrected chi connectivity index (χ4v) is 3.09. The molecule has 1 aliphatic rings. The SMILES string of the molecule is COC1CCN(c2ccc(-n3c(C)nc(C)cc3=O)cc2F)C1. The number of halogens is 1. The van der Waals surface area contributed by atoms with Gasteiger partial charge in [-0.1, -0.05) is 0 Å². The molecule has 23 heavy (non-hydrogen) atoms. The first kappa shape index (κ1) is 15.7. The van der Waals surface area contributed by atoms with E-state index in [2.05, 4.69) is 4.98 Å². The zero-order valence-corrected chi connectivity index (χ0v) is 13.5. The molecular formula is C17H20FN3O2. The third-order valence-corrected chi connectivity index (χ3v) is 4.22. The standard InChI is InChI=1S/C17H20FN3O2/c1-11-8-17(22)21(12(2)19-11)13-4-5-16(15(18)9-13)20-7-6-14(10-20)23-3/h4-5,8-9,14H,6-7,10H2,1-3H3. The Balaban J connectivity index is 1.96. The number of benzene rings is 1. The van der Waals surface area contributed by atoms with Crippen LogP contribution in [0.15, 0.2) is 29.1 Å². The van der Waals surface area contributed by atoms with Crippen molar-refractivity contribution >= 4 is 5.69 Å². The summed E-state index contributed by atoms with van der Waals surface area (Å²) in [6, 6.07) is 6.31. The third kappa shape index (κ3) is 2.99. The van der Waals surface area contributed by atoms with Crippen LogP contribution in [0.3, 0.4) is 0 Å². The second kappa shape index (κ2) is 6.12. The van der Waals surface area contributed by atoms with E-state index in [1.807, 2.05) is 4.90 Å². The summed E-state index contributed by atoms with van der Waals surface area (Å²) in [5.74, 6) is 0.203. The van der Waals surface area contributed by atoms with E-state index in [0.29, 0.717) is 29.4 Å². The van der Waals surface area contributed by atoms with Crippen molar-refractivity contribution < 1.29 is 9.13 Å². The summed E-state index contributed by atoms with van der Waals surface area (Å²) < 4.78 is 21.3. The molecule has 2 aromatic rings. The molecule has 1 atom stereocenters. The minimum absolute atomic E-state index is 0.139. The Labute approximate surface area is 134 Å². The number of methoxy groups -OCH3 is 1. The van der Waals surface area contributed by atoms with Crippen LogP contribution in [0.25, 0.3) is 5.69 Å². The van der Waals surface area contributed by atoms with Crippen molar-refractivity contribution in [1.82, 2.24) is 9.55 Å². The molecule has 3 rings (SSSR count). The van der Waals surface area contributed by atoms with Gasteiger partial charge in [-0.15, -0.1) is 0 Å². The Hall–Kier alpha value is -2.21. The number of hydrogen-bond donors (Lipinski definition) is 0. The predicted octanol–water partition coefficient (Wildman–Crippen LogP) is 2.21. The van der Waals surface area contributed by atoms with Gasteiger partial charge in [0.25, 0.3) is 5.56 Å². The molecule has 0 aliphatic carbocycles. The summed E-state index contributed by atoms with van der Waals surface area (Å²) in [5, 5.41) is 0. The molecule has 1 saturated heterocycles. The Morgan fingerprint density at radius 2 is 2.09 bits per heavy atom. The first-order valence-electron chi connectivity index (χ1n) is 7.64. The summed E-state index contributed by atoms with van der Waals surface area (Å²) >= 11 is 0. The average Bonchev–Trinajstić information content (AvgIpc) is 2.95. The van der Waals surface area contributed by atoms with Crippen LogP contribution in [0, 0.1) is 19.7 Å². The van der Waals surface area contributed by atoms with Crippen molar-refractivity contribution in [2.75, 3.05) is 25.1 Å². The molecule has 1 aromatic heterocycles. The van der Waals surface area contributed by atoms with Gasteiger partial charge in [-0.2, -0.15) is 0 Å². The van der Waals surface area contributed by atoms with Gasteiger partial charge in [-0.05, 0) is 32.4 Å². The van der Waals surface area contributed by atoms with E-state index in [-0.39, 0.29) is 17.5 Å². The van der Waals surface area contributed by atoms with E-state index in [1.165, 1.54) is 16.7 Å². The lowest BCUT2D eigenvalue weighted by Gasteiger charge is -2.20. The number of hydrogen-bond acceptors (Lipinski definition) is 4. The number of aromatic nitrogens is 2. The van der Waals surface area contributed by atoms with Crippen molar-refractivity contribution in [3.05, 3.63) is 52.0 Å². The van der Waals surface area contributed by atoms with Crippen LogP contribution in [0.4, 0.5) is 10.1 Å². The summed E-state index contributed by atoms with van der Waals surface area (Å²) in [7, 11) is 1.67. The molecule has 0 N–H and O–H groups in total. The van der Waals surface area contributed by atoms with Gasteiger partial charge in [0, 0.05) is 38.0 Å². The van der Waals surface area contributed by atoms with Crippen molar-refractivity contribution in [3.63, 3.8) is 0 Å². The lowest BCUT2D eigenvalue weighted by molar-refractivity contribution is 0.121. The van der Waals surface area contributed by atoms with Crippen molar-refractivity contribution in [3.8, 4) is 5.69 Å². The normalized spacial score (nSPS) is 17.7. The number of rotatable bonds is 3. The lowest BCUT2D eigenvalue weighted by atomic mass is 10.2. The molecule has 0 spiro atoms. The monoisotopic (exact) mass is 317 g/mol. The van der Waals surface area contributed by atoms with Crippen molar-refractivity contribution in [1.29, 1.82) is 0 Å². The molecule has 1 aliphatic heterocycles. The van der Waals surface area contributed by atoms with Gasteiger partial charge < -0.3 is 9.64 Å². The van der Waals surface area contributed by atoms with Crippen molar-refractivity contribution in [2.45, 2.75) is 26.4 Å². The molecule has 0 radical (unpaired) electrons. The van der Waals surface area contributed by atoms with E-state index in [1.54, 1.807) is 33.1 Å². The number of ether oxygens (including phenoxy) is 1. The summed E-state index contributed by atoms with van der Waals surface area (Å²) in [4.78, 5) is 18.4. The van der Waals surface area contributed by atoms with Crippen LogP contribution in [-0.4, -0.2) is 35.9 Å². The van der Waals surface area contributed by atoms with Crippen LogP contribution >= 0.6 is 0 Å². The zero-order chi connectivity index (χ0) is 16.6. The molecule has 122 valence electrons. The highest BCUT2D eigenvalue weighted by Crippen LogP contribution is 2.26. The number of nitrogens with zero attached hydrogens (tertiary/aromatic N) is 3. The van der Waals surface area contributed by atoms with Gasteiger partial charge in [-0.25, -0.2) is 9.37 Å². The minimum atomic E-state index is -0.342. The molecule has 5 nitrogen and oxygen atoms in total. The second-order valence-corrected chi connectivity index (χ2v) is 5.85. The van der Waals surface area contributed by atoms with Gasteiger partial charge in [0.15, 0.2) is 0 Å².